The van der Waals surface area contributed by atoms with Crippen LogP contribution in [0.25, 0.3) is 0 Å². The van der Waals surface area contributed by atoms with Crippen molar-refractivity contribution in [2.75, 3.05) is 13.7 Å². The second-order valence-electron chi connectivity index (χ2n) is 4.33. The summed E-state index contributed by atoms with van der Waals surface area (Å²) in [7, 11) is 1.53. The molecule has 2 aromatic rings. The Kier molecular flexibility index (Phi) is 5.35. The molecule has 4 nitrogen and oxygen atoms in total. The molecule has 0 unspecified atom stereocenters. The number of nitrogens with zero attached hydrogens (tertiary/aromatic N) is 1. The standard InChI is InChI=1S/C16H15NO3S/c1-19-15-10-12(11-17)6-7-14(15)20-8-2-4-13(18)16-5-3-9-21-16/h3,5-7,9-10H,2,4,8H2,1H3. The van der Waals surface area contributed by atoms with Crippen molar-refractivity contribution in [1.82, 2.24) is 0 Å². The molecule has 1 aromatic carbocycles. The molecule has 1 heterocycles. The van der Waals surface area contributed by atoms with Crippen LogP contribution < -0.4 is 9.47 Å². The van der Waals surface area contributed by atoms with E-state index in [1.54, 1.807) is 18.2 Å². The van der Waals surface area contributed by atoms with E-state index in [0.717, 1.165) is 4.88 Å². The Morgan fingerprint density at radius 2 is 2.19 bits per heavy atom. The van der Waals surface area contributed by atoms with Crippen molar-refractivity contribution < 1.29 is 14.3 Å². The highest BCUT2D eigenvalue weighted by Crippen LogP contribution is 2.28. The largest absolute Gasteiger partial charge is 0.493 e. The van der Waals surface area contributed by atoms with E-state index in [1.807, 2.05) is 23.6 Å². The maximum absolute atomic E-state index is 11.8. The average Bonchev–Trinajstić information content (AvgIpc) is 3.05. The van der Waals surface area contributed by atoms with E-state index in [1.165, 1.54) is 18.4 Å². The predicted octanol–water partition coefficient (Wildman–Crippen LogP) is 3.67. The molecule has 1 aromatic heterocycles. The Morgan fingerprint density at radius 3 is 2.86 bits per heavy atom. The van der Waals surface area contributed by atoms with Crippen molar-refractivity contribution in [2.45, 2.75) is 12.8 Å². The van der Waals surface area contributed by atoms with Crippen LogP contribution in [-0.2, 0) is 0 Å². The van der Waals surface area contributed by atoms with Crippen LogP contribution in [0.5, 0.6) is 11.5 Å². The first-order valence-electron chi connectivity index (χ1n) is 6.52. The predicted molar refractivity (Wildman–Crippen MR) is 81.1 cm³/mol. The van der Waals surface area contributed by atoms with Crippen molar-refractivity contribution in [1.29, 1.82) is 5.26 Å². The van der Waals surface area contributed by atoms with Crippen molar-refractivity contribution in [2.24, 2.45) is 0 Å². The number of Topliss-reactive ketones (excluding diaryl/α,β-unsaturated/α-hetero) is 1. The molecule has 108 valence electrons. The van der Waals surface area contributed by atoms with Crippen LogP contribution in [0.3, 0.4) is 0 Å². The van der Waals surface area contributed by atoms with Gasteiger partial charge in [0.05, 0.1) is 30.2 Å². The number of carbonyl (C=O) groups excluding carboxylic acids is 1. The second kappa shape index (κ2) is 7.46. The van der Waals surface area contributed by atoms with E-state index >= 15 is 0 Å². The summed E-state index contributed by atoms with van der Waals surface area (Å²) in [6.45, 7) is 0.430. The summed E-state index contributed by atoms with van der Waals surface area (Å²) in [6, 6.07) is 10.8. The molecule has 21 heavy (non-hydrogen) atoms. The van der Waals surface area contributed by atoms with Crippen molar-refractivity contribution in [3.63, 3.8) is 0 Å². The summed E-state index contributed by atoms with van der Waals surface area (Å²) >= 11 is 1.45. The molecular weight excluding hydrogens is 286 g/mol. The lowest BCUT2D eigenvalue weighted by Gasteiger charge is -2.10. The Hall–Kier alpha value is -2.32. The number of nitriles is 1. The molecule has 0 saturated carbocycles. The first kappa shape index (κ1) is 15.1. The number of ketones is 1. The van der Waals surface area contributed by atoms with Gasteiger partial charge in [-0.1, -0.05) is 6.07 Å². The van der Waals surface area contributed by atoms with Crippen LogP contribution in [0.4, 0.5) is 0 Å². The SMILES string of the molecule is COc1cc(C#N)ccc1OCCCC(=O)c1cccs1. The minimum atomic E-state index is 0.139. The van der Waals surface area contributed by atoms with Crippen molar-refractivity contribution >= 4 is 17.1 Å². The van der Waals surface area contributed by atoms with Gasteiger partial charge in [0, 0.05) is 12.5 Å². The van der Waals surface area contributed by atoms with E-state index < -0.39 is 0 Å². The van der Waals surface area contributed by atoms with Crippen LogP contribution >= 0.6 is 11.3 Å². The summed E-state index contributed by atoms with van der Waals surface area (Å²) in [5.41, 5.74) is 0.520. The zero-order valence-electron chi connectivity index (χ0n) is 11.7. The maximum atomic E-state index is 11.8. The van der Waals surface area contributed by atoms with E-state index in [2.05, 4.69) is 0 Å². The Balaban J connectivity index is 1.84. The quantitative estimate of drug-likeness (QED) is 0.578. The van der Waals surface area contributed by atoms with Gasteiger partial charge < -0.3 is 9.47 Å². The van der Waals surface area contributed by atoms with Gasteiger partial charge in [-0.2, -0.15) is 5.26 Å². The summed E-state index contributed by atoms with van der Waals surface area (Å²) in [5.74, 6) is 1.25. The van der Waals surface area contributed by atoms with Crippen LogP contribution in [0, 0.1) is 11.3 Å². The summed E-state index contributed by atoms with van der Waals surface area (Å²) in [4.78, 5) is 12.6. The van der Waals surface area contributed by atoms with Gasteiger partial charge in [0.1, 0.15) is 0 Å². The lowest BCUT2D eigenvalue weighted by Crippen LogP contribution is -2.03. The molecule has 0 fully saturated rings. The van der Waals surface area contributed by atoms with Gasteiger partial charge in [-0.05, 0) is 30.0 Å². The fraction of sp³-hybridized carbons (Fsp3) is 0.250. The number of hydrogen-bond acceptors (Lipinski definition) is 5. The zero-order chi connectivity index (χ0) is 15.1. The molecular formula is C16H15NO3S. The van der Waals surface area contributed by atoms with E-state index in [4.69, 9.17) is 14.7 Å². The molecule has 0 bridgehead atoms. The maximum Gasteiger partial charge on any atom is 0.172 e. The van der Waals surface area contributed by atoms with Crippen LogP contribution in [0.2, 0.25) is 0 Å². The number of carbonyl (C=O) groups is 1. The van der Waals surface area contributed by atoms with Gasteiger partial charge in [0.25, 0.3) is 0 Å². The highest BCUT2D eigenvalue weighted by atomic mass is 32.1. The molecule has 2 rings (SSSR count). The number of methoxy groups -OCH3 is 1. The van der Waals surface area contributed by atoms with Gasteiger partial charge in [-0.15, -0.1) is 11.3 Å². The smallest absolute Gasteiger partial charge is 0.172 e. The van der Waals surface area contributed by atoms with Gasteiger partial charge in [0.15, 0.2) is 17.3 Å². The summed E-state index contributed by atoms with van der Waals surface area (Å²) in [6.07, 6.45) is 1.10. The molecule has 0 aliphatic carbocycles. The first-order valence-corrected chi connectivity index (χ1v) is 7.40. The number of thiophene rings is 1. The molecule has 0 N–H and O–H groups in total. The third-order valence-electron chi connectivity index (χ3n) is 2.89. The molecule has 0 saturated heterocycles. The number of ether oxygens (including phenoxy) is 2. The summed E-state index contributed by atoms with van der Waals surface area (Å²) < 4.78 is 10.8. The lowest BCUT2D eigenvalue weighted by molar-refractivity contribution is 0.0977. The van der Waals surface area contributed by atoms with Gasteiger partial charge in [-0.25, -0.2) is 0 Å². The highest BCUT2D eigenvalue weighted by Gasteiger charge is 2.08. The van der Waals surface area contributed by atoms with Gasteiger partial charge in [0.2, 0.25) is 0 Å². The van der Waals surface area contributed by atoms with E-state index in [9.17, 15) is 4.79 Å². The Bertz CT molecular complexity index is 644. The minimum Gasteiger partial charge on any atom is -0.493 e. The molecule has 0 aliphatic rings. The zero-order valence-corrected chi connectivity index (χ0v) is 12.5. The van der Waals surface area contributed by atoms with Crippen molar-refractivity contribution in [3.8, 4) is 17.6 Å². The van der Waals surface area contributed by atoms with Crippen LogP contribution in [-0.4, -0.2) is 19.5 Å². The molecule has 0 aliphatic heterocycles. The molecule has 0 atom stereocenters. The number of hydrogen-bond donors (Lipinski definition) is 0. The molecule has 0 spiro atoms. The minimum absolute atomic E-state index is 0.139. The monoisotopic (exact) mass is 301 g/mol. The van der Waals surface area contributed by atoms with Crippen LogP contribution in [0.15, 0.2) is 35.7 Å². The lowest BCUT2D eigenvalue weighted by atomic mass is 10.2. The fourth-order valence-corrected chi connectivity index (χ4v) is 2.53. The molecule has 5 heteroatoms. The van der Waals surface area contributed by atoms with E-state index in [-0.39, 0.29) is 5.78 Å². The van der Waals surface area contributed by atoms with Crippen LogP contribution in [0.1, 0.15) is 28.1 Å². The first-order chi connectivity index (χ1) is 10.2. The molecule has 0 amide bonds. The summed E-state index contributed by atoms with van der Waals surface area (Å²) in [5, 5.41) is 10.7. The molecule has 0 radical (unpaired) electrons. The number of rotatable bonds is 7. The van der Waals surface area contributed by atoms with E-state index in [0.29, 0.717) is 36.5 Å². The second-order valence-corrected chi connectivity index (χ2v) is 5.28. The van der Waals surface area contributed by atoms with Gasteiger partial charge >= 0.3 is 0 Å². The third-order valence-corrected chi connectivity index (χ3v) is 3.81. The Morgan fingerprint density at radius 1 is 1.33 bits per heavy atom. The normalized spacial score (nSPS) is 9.90. The topological polar surface area (TPSA) is 59.3 Å². The van der Waals surface area contributed by atoms with Gasteiger partial charge in [-0.3, -0.25) is 4.79 Å². The van der Waals surface area contributed by atoms with Crippen molar-refractivity contribution in [3.05, 3.63) is 46.2 Å². The fourth-order valence-electron chi connectivity index (χ4n) is 1.83. The third kappa shape index (κ3) is 4.07. The average molecular weight is 301 g/mol. The Labute approximate surface area is 127 Å². The highest BCUT2D eigenvalue weighted by molar-refractivity contribution is 7.12. The number of benzene rings is 1.